The monoisotopic (exact) mass is 287 g/mol. The number of hydrogen-bond acceptors (Lipinski definition) is 4. The second-order valence-corrected chi connectivity index (χ2v) is 5.23. The van der Waals surface area contributed by atoms with E-state index in [1.807, 2.05) is 13.8 Å². The summed E-state index contributed by atoms with van der Waals surface area (Å²) in [5.74, 6) is -0.375. The first-order valence-electron chi connectivity index (χ1n) is 7.51. The molecule has 1 atom stereocenters. The van der Waals surface area contributed by atoms with Crippen LogP contribution in [0.3, 0.4) is 0 Å². The lowest BCUT2D eigenvalue weighted by Crippen LogP contribution is -2.46. The molecule has 0 bridgehead atoms. The van der Waals surface area contributed by atoms with E-state index >= 15 is 0 Å². The zero-order chi connectivity index (χ0) is 15.5. The van der Waals surface area contributed by atoms with Crippen LogP contribution in [0.25, 0.3) is 0 Å². The lowest BCUT2D eigenvalue weighted by molar-refractivity contribution is -0.150. The molecule has 0 saturated carbocycles. The molecule has 0 saturated heterocycles. The number of unbranched alkanes of at least 4 members (excludes halogenated alkanes) is 3. The van der Waals surface area contributed by atoms with E-state index in [1.54, 1.807) is 14.0 Å². The Labute approximate surface area is 122 Å². The van der Waals surface area contributed by atoms with E-state index in [-0.39, 0.29) is 11.9 Å². The molecule has 0 N–H and O–H groups in total. The molecule has 0 fully saturated rings. The van der Waals surface area contributed by atoms with Crippen LogP contribution in [-0.2, 0) is 14.3 Å². The fourth-order valence-corrected chi connectivity index (χ4v) is 2.00. The summed E-state index contributed by atoms with van der Waals surface area (Å²) in [5, 5.41) is 0. The summed E-state index contributed by atoms with van der Waals surface area (Å²) >= 11 is 0. The molecule has 0 spiro atoms. The molecule has 1 unspecified atom stereocenters. The van der Waals surface area contributed by atoms with Gasteiger partial charge in [0.15, 0.2) is 0 Å². The highest BCUT2D eigenvalue weighted by molar-refractivity contribution is 5.81. The molecule has 0 rings (SSSR count). The number of likely N-dealkylation sites (N-methyl/N-ethyl adjacent to an activating group) is 1. The summed E-state index contributed by atoms with van der Waals surface area (Å²) in [4.78, 5) is 25.1. The molecule has 0 aromatic heterocycles. The lowest BCUT2D eigenvalue weighted by atomic mass is 10.0. The van der Waals surface area contributed by atoms with Gasteiger partial charge in [0.2, 0.25) is 0 Å². The van der Waals surface area contributed by atoms with Crippen molar-refractivity contribution < 1.29 is 19.1 Å². The number of carbonyl (C=O) groups excluding carboxylic acids is 2. The summed E-state index contributed by atoms with van der Waals surface area (Å²) < 4.78 is 10.2. The smallest absolute Gasteiger partial charge is 0.410 e. The molecule has 5 heteroatoms. The minimum Gasteiger partial charge on any atom is -0.464 e. The third-order valence-corrected chi connectivity index (χ3v) is 3.09. The van der Waals surface area contributed by atoms with Gasteiger partial charge in [0.25, 0.3) is 0 Å². The molecule has 118 valence electrons. The van der Waals surface area contributed by atoms with E-state index in [0.29, 0.717) is 13.2 Å². The van der Waals surface area contributed by atoms with Gasteiger partial charge in [-0.3, -0.25) is 4.90 Å². The van der Waals surface area contributed by atoms with Crippen LogP contribution in [0.4, 0.5) is 4.79 Å². The maximum Gasteiger partial charge on any atom is 0.410 e. The Hall–Kier alpha value is -1.26. The summed E-state index contributed by atoms with van der Waals surface area (Å²) in [5.41, 5.74) is 0. The van der Waals surface area contributed by atoms with E-state index in [1.165, 1.54) is 4.90 Å². The summed E-state index contributed by atoms with van der Waals surface area (Å²) in [6.07, 6.45) is 3.73. The number of hydrogen-bond donors (Lipinski definition) is 0. The maximum atomic E-state index is 12.1. The van der Waals surface area contributed by atoms with Gasteiger partial charge in [-0.2, -0.15) is 0 Å². The van der Waals surface area contributed by atoms with E-state index in [2.05, 4.69) is 6.92 Å². The molecular weight excluding hydrogens is 258 g/mol. The van der Waals surface area contributed by atoms with Gasteiger partial charge in [0.05, 0.1) is 13.2 Å². The fourth-order valence-electron chi connectivity index (χ4n) is 2.00. The second-order valence-electron chi connectivity index (χ2n) is 5.23. The highest BCUT2D eigenvalue weighted by atomic mass is 16.6. The van der Waals surface area contributed by atoms with Crippen LogP contribution in [0.1, 0.15) is 53.4 Å². The topological polar surface area (TPSA) is 55.8 Å². The van der Waals surface area contributed by atoms with E-state index in [4.69, 9.17) is 9.47 Å². The van der Waals surface area contributed by atoms with Gasteiger partial charge in [-0.25, -0.2) is 9.59 Å². The number of amides is 1. The highest BCUT2D eigenvalue weighted by Crippen LogP contribution is 2.13. The summed E-state index contributed by atoms with van der Waals surface area (Å²) in [6.45, 7) is 8.35. The maximum absolute atomic E-state index is 12.1. The van der Waals surface area contributed by atoms with Crippen molar-refractivity contribution in [2.45, 2.75) is 59.4 Å². The Morgan fingerprint density at radius 1 is 1.05 bits per heavy atom. The van der Waals surface area contributed by atoms with E-state index < -0.39 is 12.1 Å². The number of nitrogens with zero attached hydrogens (tertiary/aromatic N) is 1. The van der Waals surface area contributed by atoms with E-state index in [0.717, 1.165) is 25.7 Å². The fraction of sp³-hybridized carbons (Fsp3) is 0.867. The number of esters is 1. The summed E-state index contributed by atoms with van der Waals surface area (Å²) in [7, 11) is 1.57. The predicted octanol–water partition coefficient (Wildman–Crippen LogP) is 3.22. The average Bonchev–Trinajstić information content (AvgIpc) is 2.38. The van der Waals surface area contributed by atoms with Crippen LogP contribution in [0.15, 0.2) is 0 Å². The molecule has 5 nitrogen and oxygen atoms in total. The van der Waals surface area contributed by atoms with Crippen LogP contribution >= 0.6 is 0 Å². The largest absolute Gasteiger partial charge is 0.464 e. The van der Waals surface area contributed by atoms with Crippen LogP contribution in [0.2, 0.25) is 0 Å². The van der Waals surface area contributed by atoms with Gasteiger partial charge in [-0.1, -0.05) is 40.0 Å². The molecule has 0 aliphatic rings. The first-order chi connectivity index (χ1) is 9.45. The van der Waals surface area contributed by atoms with Gasteiger partial charge in [0, 0.05) is 7.05 Å². The van der Waals surface area contributed by atoms with Gasteiger partial charge < -0.3 is 9.47 Å². The Bertz CT molecular complexity index is 292. The zero-order valence-corrected chi connectivity index (χ0v) is 13.5. The minimum atomic E-state index is -0.597. The minimum absolute atomic E-state index is 0.0208. The van der Waals surface area contributed by atoms with Gasteiger partial charge in [0.1, 0.15) is 6.04 Å². The normalized spacial score (nSPS) is 12.1. The van der Waals surface area contributed by atoms with Crippen LogP contribution < -0.4 is 0 Å². The molecule has 1 amide bonds. The van der Waals surface area contributed by atoms with Gasteiger partial charge in [-0.05, 0) is 19.3 Å². The zero-order valence-electron chi connectivity index (χ0n) is 13.5. The third kappa shape index (κ3) is 6.78. The summed E-state index contributed by atoms with van der Waals surface area (Å²) in [6, 6.07) is -0.597. The quantitative estimate of drug-likeness (QED) is 0.482. The van der Waals surface area contributed by atoms with Gasteiger partial charge in [-0.15, -0.1) is 0 Å². The van der Waals surface area contributed by atoms with Crippen LogP contribution in [0, 0.1) is 5.92 Å². The highest BCUT2D eigenvalue weighted by Gasteiger charge is 2.31. The average molecular weight is 287 g/mol. The predicted molar refractivity (Wildman–Crippen MR) is 78.5 cm³/mol. The molecule has 0 aromatic carbocycles. The van der Waals surface area contributed by atoms with Crippen molar-refractivity contribution in [2.75, 3.05) is 20.3 Å². The Kier molecular flexibility index (Phi) is 9.86. The van der Waals surface area contributed by atoms with Crippen molar-refractivity contribution in [3.8, 4) is 0 Å². The Balaban J connectivity index is 4.36. The Morgan fingerprint density at radius 2 is 1.70 bits per heavy atom. The molecule has 0 aromatic rings. The number of rotatable bonds is 9. The van der Waals surface area contributed by atoms with Crippen molar-refractivity contribution in [2.24, 2.45) is 5.92 Å². The molecule has 0 radical (unpaired) electrons. The van der Waals surface area contributed by atoms with Crippen molar-refractivity contribution in [1.29, 1.82) is 0 Å². The van der Waals surface area contributed by atoms with Crippen molar-refractivity contribution in [3.63, 3.8) is 0 Å². The SMILES string of the molecule is CCCCCCOC(=O)C(C(C)C)N(C)C(=O)OCC. The molecule has 0 heterocycles. The van der Waals surface area contributed by atoms with Crippen LogP contribution in [-0.4, -0.2) is 43.3 Å². The molecule has 0 aliphatic heterocycles. The lowest BCUT2D eigenvalue weighted by Gasteiger charge is -2.28. The van der Waals surface area contributed by atoms with Crippen molar-refractivity contribution in [3.05, 3.63) is 0 Å². The Morgan fingerprint density at radius 3 is 2.20 bits per heavy atom. The first-order valence-corrected chi connectivity index (χ1v) is 7.51. The standard InChI is InChI=1S/C15H29NO4/c1-6-8-9-10-11-20-14(17)13(12(3)4)16(5)15(18)19-7-2/h12-13H,6-11H2,1-5H3. The third-order valence-electron chi connectivity index (χ3n) is 3.09. The molecule has 0 aliphatic carbocycles. The van der Waals surface area contributed by atoms with Gasteiger partial charge >= 0.3 is 12.1 Å². The van der Waals surface area contributed by atoms with Crippen LogP contribution in [0.5, 0.6) is 0 Å². The number of carbonyl (C=O) groups is 2. The molecular formula is C15H29NO4. The van der Waals surface area contributed by atoms with E-state index in [9.17, 15) is 9.59 Å². The van der Waals surface area contributed by atoms with Crippen molar-refractivity contribution >= 4 is 12.1 Å². The first kappa shape index (κ1) is 18.7. The number of ether oxygens (including phenoxy) is 2. The molecule has 20 heavy (non-hydrogen) atoms. The second kappa shape index (κ2) is 10.5. The van der Waals surface area contributed by atoms with Crippen molar-refractivity contribution in [1.82, 2.24) is 4.90 Å².